The highest BCUT2D eigenvalue weighted by Crippen LogP contribution is 2.43. The molecule has 38 heavy (non-hydrogen) atoms. The van der Waals surface area contributed by atoms with Gasteiger partial charge in [-0.15, -0.1) is 0 Å². The minimum absolute atomic E-state index is 0.0432. The Balaban J connectivity index is 2.92. The number of carbonyl (C=O) groups is 4. The first-order valence-corrected chi connectivity index (χ1v) is 12.7. The number of anilines is 1. The molecule has 1 aromatic rings. The first kappa shape index (κ1) is 32.7. The molecule has 1 rings (SSSR count). The second-order valence-corrected chi connectivity index (χ2v) is 11.0. The number of hydrogen-bond acceptors (Lipinski definition) is 8. The van der Waals surface area contributed by atoms with Crippen LogP contribution in [0.15, 0.2) is 24.3 Å². The van der Waals surface area contributed by atoms with Crippen LogP contribution in [0.25, 0.3) is 0 Å². The molecule has 0 saturated carbocycles. The first-order chi connectivity index (χ1) is 17.6. The Morgan fingerprint density at radius 3 is 2.08 bits per heavy atom. The number of primary amides is 1. The molecule has 0 aliphatic rings. The molecule has 0 spiro atoms. The monoisotopic (exact) mass is 536 g/mol. The number of phenolic OH excluding ortho intramolecular Hbond substituents is 1. The standard InChI is InChI=1S/C27H44N4O7/c1-7-26(4,22(34)37-6)14-18(16-28)15-27(5,17-25(2,3)21(29)33)23(35)38-13-12-30-24(36)31-19-8-10-20(32)11-9-19/h8-11,18,32H,7,12-17,28H2,1-6H3,(H2,29,33)(H2,30,31,36). The van der Waals surface area contributed by atoms with Gasteiger partial charge in [0.25, 0.3) is 0 Å². The van der Waals surface area contributed by atoms with Crippen molar-refractivity contribution in [1.29, 1.82) is 0 Å². The predicted octanol–water partition coefficient (Wildman–Crippen LogP) is 2.91. The summed E-state index contributed by atoms with van der Waals surface area (Å²) in [5.74, 6) is -1.62. The van der Waals surface area contributed by atoms with Gasteiger partial charge in [-0.2, -0.15) is 0 Å². The molecule has 0 bridgehead atoms. The van der Waals surface area contributed by atoms with Crippen LogP contribution in [0.5, 0.6) is 5.75 Å². The van der Waals surface area contributed by atoms with Gasteiger partial charge in [0.15, 0.2) is 0 Å². The van der Waals surface area contributed by atoms with E-state index < -0.39 is 34.2 Å². The third-order valence-electron chi connectivity index (χ3n) is 7.01. The summed E-state index contributed by atoms with van der Waals surface area (Å²) in [5.41, 5.74) is 9.23. The lowest BCUT2D eigenvalue weighted by Gasteiger charge is -2.38. The first-order valence-electron chi connectivity index (χ1n) is 12.7. The maximum atomic E-state index is 13.4. The summed E-state index contributed by atoms with van der Waals surface area (Å²) in [7, 11) is 1.34. The number of rotatable bonds is 15. The quantitative estimate of drug-likeness (QED) is 0.129. The van der Waals surface area contributed by atoms with Gasteiger partial charge < -0.3 is 36.7 Å². The fraction of sp³-hybridized carbons (Fsp3) is 0.630. The van der Waals surface area contributed by atoms with E-state index in [2.05, 4.69) is 10.6 Å². The van der Waals surface area contributed by atoms with E-state index in [-0.39, 0.29) is 50.2 Å². The van der Waals surface area contributed by atoms with Crippen LogP contribution in [-0.2, 0) is 23.9 Å². The Morgan fingerprint density at radius 2 is 1.58 bits per heavy atom. The van der Waals surface area contributed by atoms with E-state index in [4.69, 9.17) is 20.9 Å². The van der Waals surface area contributed by atoms with Crippen LogP contribution in [0.3, 0.4) is 0 Å². The van der Waals surface area contributed by atoms with Crippen LogP contribution < -0.4 is 22.1 Å². The van der Waals surface area contributed by atoms with Crippen LogP contribution in [0, 0.1) is 22.2 Å². The Morgan fingerprint density at radius 1 is 1.00 bits per heavy atom. The summed E-state index contributed by atoms with van der Waals surface area (Å²) in [6.07, 6.45) is 1.30. The van der Waals surface area contributed by atoms with E-state index in [1.807, 2.05) is 6.92 Å². The molecule has 0 fully saturated rings. The number of phenols is 1. The van der Waals surface area contributed by atoms with Crippen molar-refractivity contribution in [3.8, 4) is 5.75 Å². The Labute approximate surface area is 225 Å². The van der Waals surface area contributed by atoms with Gasteiger partial charge in [0, 0.05) is 11.1 Å². The SMILES string of the molecule is CCC(C)(CC(CN)CC(C)(CC(C)(C)C(N)=O)C(=O)OCCNC(=O)Nc1ccc(O)cc1)C(=O)OC. The fourth-order valence-corrected chi connectivity index (χ4v) is 4.62. The van der Waals surface area contributed by atoms with E-state index in [1.165, 1.54) is 19.2 Å². The topological polar surface area (TPSA) is 183 Å². The molecule has 0 aromatic heterocycles. The third-order valence-corrected chi connectivity index (χ3v) is 7.01. The van der Waals surface area contributed by atoms with Gasteiger partial charge in [0.2, 0.25) is 5.91 Å². The molecule has 7 N–H and O–H groups in total. The number of hydrogen-bond donors (Lipinski definition) is 5. The summed E-state index contributed by atoms with van der Waals surface area (Å²) >= 11 is 0. The van der Waals surface area contributed by atoms with Crippen molar-refractivity contribution >= 4 is 29.6 Å². The van der Waals surface area contributed by atoms with Gasteiger partial charge in [-0.3, -0.25) is 14.4 Å². The van der Waals surface area contributed by atoms with Gasteiger partial charge in [0.05, 0.1) is 24.5 Å². The molecule has 0 saturated heterocycles. The van der Waals surface area contributed by atoms with Crippen molar-refractivity contribution in [1.82, 2.24) is 5.32 Å². The van der Waals surface area contributed by atoms with Crippen molar-refractivity contribution in [2.24, 2.45) is 33.6 Å². The minimum Gasteiger partial charge on any atom is -0.508 e. The lowest BCUT2D eigenvalue weighted by Crippen LogP contribution is -2.44. The normalized spacial score (nSPS) is 15.3. The molecular weight excluding hydrogens is 492 g/mol. The number of aromatic hydroxyl groups is 1. The fourth-order valence-electron chi connectivity index (χ4n) is 4.62. The van der Waals surface area contributed by atoms with E-state index in [0.29, 0.717) is 18.5 Å². The minimum atomic E-state index is -1.14. The number of amides is 3. The zero-order valence-electron chi connectivity index (χ0n) is 23.4. The molecule has 0 radical (unpaired) electrons. The van der Waals surface area contributed by atoms with E-state index >= 15 is 0 Å². The van der Waals surface area contributed by atoms with Crippen molar-refractivity contribution in [2.45, 2.75) is 60.3 Å². The van der Waals surface area contributed by atoms with Crippen LogP contribution >= 0.6 is 0 Å². The Bertz CT molecular complexity index is 967. The van der Waals surface area contributed by atoms with Crippen LogP contribution in [0.2, 0.25) is 0 Å². The summed E-state index contributed by atoms with van der Waals surface area (Å²) in [6.45, 7) is 8.88. The molecular formula is C27H44N4O7. The molecule has 0 aliphatic heterocycles. The molecule has 0 heterocycles. The number of benzene rings is 1. The summed E-state index contributed by atoms with van der Waals surface area (Å²) in [5, 5.41) is 14.5. The number of urea groups is 1. The highest BCUT2D eigenvalue weighted by atomic mass is 16.5. The number of methoxy groups -OCH3 is 1. The summed E-state index contributed by atoms with van der Waals surface area (Å²) in [6, 6.07) is 5.45. The maximum Gasteiger partial charge on any atom is 0.319 e. The highest BCUT2D eigenvalue weighted by molar-refractivity contribution is 5.89. The average molecular weight is 537 g/mol. The van der Waals surface area contributed by atoms with Gasteiger partial charge in [0.1, 0.15) is 12.4 Å². The average Bonchev–Trinajstić information content (AvgIpc) is 2.86. The second kappa shape index (κ2) is 14.0. The molecule has 11 heteroatoms. The zero-order valence-corrected chi connectivity index (χ0v) is 23.4. The lowest BCUT2D eigenvalue weighted by atomic mass is 9.67. The maximum absolute atomic E-state index is 13.4. The van der Waals surface area contributed by atoms with E-state index in [9.17, 15) is 24.3 Å². The summed E-state index contributed by atoms with van der Waals surface area (Å²) in [4.78, 5) is 50.0. The predicted molar refractivity (Wildman–Crippen MR) is 144 cm³/mol. The smallest absolute Gasteiger partial charge is 0.319 e. The number of ether oxygens (including phenoxy) is 2. The molecule has 3 amide bonds. The van der Waals surface area contributed by atoms with Gasteiger partial charge in [-0.25, -0.2) is 4.79 Å². The lowest BCUT2D eigenvalue weighted by molar-refractivity contribution is -0.159. The van der Waals surface area contributed by atoms with E-state index in [0.717, 1.165) is 0 Å². The van der Waals surface area contributed by atoms with Gasteiger partial charge in [-0.05, 0) is 76.3 Å². The highest BCUT2D eigenvalue weighted by Gasteiger charge is 2.45. The Hall–Kier alpha value is -3.34. The van der Waals surface area contributed by atoms with Crippen LogP contribution in [-0.4, -0.2) is 55.8 Å². The Kier molecular flexibility index (Phi) is 12.0. The van der Waals surface area contributed by atoms with Crippen molar-refractivity contribution in [3.05, 3.63) is 24.3 Å². The number of nitrogens with two attached hydrogens (primary N) is 2. The number of esters is 2. The molecule has 0 aliphatic carbocycles. The van der Waals surface area contributed by atoms with Crippen LogP contribution in [0.1, 0.15) is 60.3 Å². The van der Waals surface area contributed by atoms with Gasteiger partial charge >= 0.3 is 18.0 Å². The molecule has 11 nitrogen and oxygen atoms in total. The molecule has 3 unspecified atom stereocenters. The van der Waals surface area contributed by atoms with Crippen molar-refractivity contribution in [3.63, 3.8) is 0 Å². The third kappa shape index (κ3) is 9.51. The summed E-state index contributed by atoms with van der Waals surface area (Å²) < 4.78 is 10.5. The zero-order chi connectivity index (χ0) is 29.1. The van der Waals surface area contributed by atoms with Crippen molar-refractivity contribution in [2.75, 3.05) is 32.1 Å². The molecule has 1 aromatic carbocycles. The van der Waals surface area contributed by atoms with Crippen molar-refractivity contribution < 1.29 is 33.8 Å². The molecule has 214 valence electrons. The second-order valence-electron chi connectivity index (χ2n) is 11.0. The number of nitrogens with one attached hydrogen (secondary N) is 2. The molecule has 3 atom stereocenters. The van der Waals surface area contributed by atoms with Crippen LogP contribution in [0.4, 0.5) is 10.5 Å². The van der Waals surface area contributed by atoms with E-state index in [1.54, 1.807) is 39.8 Å². The number of carbonyl (C=O) groups excluding carboxylic acids is 4. The largest absolute Gasteiger partial charge is 0.508 e. The van der Waals surface area contributed by atoms with Gasteiger partial charge in [-0.1, -0.05) is 20.8 Å².